The molecule has 0 fully saturated rings. The summed E-state index contributed by atoms with van der Waals surface area (Å²) in [5.41, 5.74) is 1.65. The van der Waals surface area contributed by atoms with Gasteiger partial charge < -0.3 is 24.1 Å². The summed E-state index contributed by atoms with van der Waals surface area (Å²) in [4.78, 5) is 37.2. The maximum Gasteiger partial charge on any atom is 0.337 e. The Morgan fingerprint density at radius 3 is 2.38 bits per heavy atom. The summed E-state index contributed by atoms with van der Waals surface area (Å²) in [6.07, 6.45) is -0.0302. The third-order valence-electron chi connectivity index (χ3n) is 5.81. The molecule has 170 valence electrons. The first kappa shape index (κ1) is 21.3. The van der Waals surface area contributed by atoms with E-state index in [1.165, 1.54) is 31.4 Å². The number of benzene rings is 3. The van der Waals surface area contributed by atoms with Crippen LogP contribution in [0.2, 0.25) is 0 Å². The minimum absolute atomic E-state index is 0.0302. The van der Waals surface area contributed by atoms with E-state index < -0.39 is 23.3 Å². The monoisotopic (exact) mass is 458 g/mol. The van der Waals surface area contributed by atoms with Crippen molar-refractivity contribution in [3.63, 3.8) is 0 Å². The van der Waals surface area contributed by atoms with Gasteiger partial charge in [0, 0.05) is 29.2 Å². The van der Waals surface area contributed by atoms with Crippen molar-refractivity contribution in [2.45, 2.75) is 12.3 Å². The van der Waals surface area contributed by atoms with Gasteiger partial charge in [-0.3, -0.25) is 9.59 Å². The smallest absolute Gasteiger partial charge is 0.337 e. The van der Waals surface area contributed by atoms with Gasteiger partial charge >= 0.3 is 11.9 Å². The fourth-order valence-electron chi connectivity index (χ4n) is 4.18. The molecule has 1 aromatic heterocycles. The lowest BCUT2D eigenvalue weighted by atomic mass is 9.84. The number of hydrogen-bond donors (Lipinski definition) is 2. The molecule has 4 aromatic rings. The van der Waals surface area contributed by atoms with E-state index in [2.05, 4.69) is 0 Å². The zero-order valence-corrected chi connectivity index (χ0v) is 17.9. The average Bonchev–Trinajstić information content (AvgIpc) is 2.83. The van der Waals surface area contributed by atoms with Crippen LogP contribution in [0.5, 0.6) is 17.2 Å². The molecule has 0 unspecified atom stereocenters. The number of hydrogen-bond acceptors (Lipinski definition) is 8. The SMILES string of the molecule is COC(=O)c1ccc([C@@H]2CC(=O)Oc3cc(O)c4c(=O)cc(-c5ccc(O)cc5)oc4c32)cc1. The van der Waals surface area contributed by atoms with Crippen LogP contribution in [0.4, 0.5) is 0 Å². The van der Waals surface area contributed by atoms with Crippen LogP contribution in [0.3, 0.4) is 0 Å². The van der Waals surface area contributed by atoms with Crippen molar-refractivity contribution < 1.29 is 33.7 Å². The van der Waals surface area contributed by atoms with Crippen molar-refractivity contribution >= 4 is 22.9 Å². The van der Waals surface area contributed by atoms with Gasteiger partial charge in [-0.25, -0.2) is 4.79 Å². The van der Waals surface area contributed by atoms with Gasteiger partial charge in [0.1, 0.15) is 34.0 Å². The molecule has 1 aliphatic heterocycles. The van der Waals surface area contributed by atoms with Gasteiger partial charge in [-0.05, 0) is 42.0 Å². The van der Waals surface area contributed by atoms with E-state index in [1.54, 1.807) is 36.4 Å². The summed E-state index contributed by atoms with van der Waals surface area (Å²) < 4.78 is 16.2. The molecule has 0 aliphatic carbocycles. The molecule has 1 aliphatic rings. The Labute approximate surface area is 192 Å². The average molecular weight is 458 g/mol. The predicted molar refractivity (Wildman–Crippen MR) is 121 cm³/mol. The van der Waals surface area contributed by atoms with Crippen LogP contribution < -0.4 is 10.2 Å². The Balaban J connectivity index is 1.74. The van der Waals surface area contributed by atoms with Crippen LogP contribution in [-0.4, -0.2) is 29.3 Å². The Morgan fingerprint density at radius 1 is 1.00 bits per heavy atom. The van der Waals surface area contributed by atoms with Gasteiger partial charge in [0.05, 0.1) is 19.1 Å². The number of rotatable bonds is 3. The van der Waals surface area contributed by atoms with E-state index in [0.29, 0.717) is 22.3 Å². The summed E-state index contributed by atoms with van der Waals surface area (Å²) in [6.45, 7) is 0. The third-order valence-corrected chi connectivity index (χ3v) is 5.81. The van der Waals surface area contributed by atoms with Crippen LogP contribution in [0, 0.1) is 0 Å². The number of methoxy groups -OCH3 is 1. The number of ether oxygens (including phenoxy) is 2. The third kappa shape index (κ3) is 3.55. The zero-order valence-electron chi connectivity index (χ0n) is 17.9. The van der Waals surface area contributed by atoms with E-state index in [4.69, 9.17) is 13.9 Å². The number of aromatic hydroxyl groups is 2. The predicted octanol–water partition coefficient (Wildman–Crippen LogP) is 4.10. The lowest BCUT2D eigenvalue weighted by molar-refractivity contribution is -0.135. The second kappa shape index (κ2) is 8.08. The number of phenolic OH excluding ortho intramolecular Hbond substituents is 2. The maximum atomic E-state index is 13.0. The molecule has 2 heterocycles. The molecule has 0 spiro atoms. The lowest BCUT2D eigenvalue weighted by Crippen LogP contribution is -2.22. The number of esters is 2. The first-order valence-electron chi connectivity index (χ1n) is 10.4. The normalized spacial score (nSPS) is 15.0. The molecule has 8 nitrogen and oxygen atoms in total. The van der Waals surface area contributed by atoms with Crippen LogP contribution in [0.1, 0.15) is 33.8 Å². The van der Waals surface area contributed by atoms with Gasteiger partial charge in [0.2, 0.25) is 0 Å². The number of carbonyl (C=O) groups is 2. The molecule has 1 atom stereocenters. The summed E-state index contributed by atoms with van der Waals surface area (Å²) in [5.74, 6) is -1.54. The standard InChI is InChI=1S/C26H18O8/c1-32-26(31)15-4-2-13(3-5-15)17-10-22(30)33-21-12-19(29)24-18(28)11-20(34-25(24)23(17)21)14-6-8-16(27)9-7-14/h2-9,11-12,17,27,29H,10H2,1H3/t17-/m0/s1. The van der Waals surface area contributed by atoms with Gasteiger partial charge in [-0.2, -0.15) is 0 Å². The number of fused-ring (bicyclic) bond motifs is 3. The van der Waals surface area contributed by atoms with E-state index in [0.717, 1.165) is 0 Å². The highest BCUT2D eigenvalue weighted by molar-refractivity contribution is 5.93. The molecule has 5 rings (SSSR count). The van der Waals surface area contributed by atoms with Crippen LogP contribution in [-0.2, 0) is 9.53 Å². The Hall–Kier alpha value is -4.59. The van der Waals surface area contributed by atoms with E-state index in [9.17, 15) is 24.6 Å². The Bertz CT molecular complexity index is 1500. The highest BCUT2D eigenvalue weighted by Crippen LogP contribution is 2.46. The van der Waals surface area contributed by atoms with Crippen molar-refractivity contribution in [3.8, 4) is 28.6 Å². The minimum Gasteiger partial charge on any atom is -0.508 e. The van der Waals surface area contributed by atoms with E-state index in [-0.39, 0.29) is 40.4 Å². The largest absolute Gasteiger partial charge is 0.508 e. The van der Waals surface area contributed by atoms with Gasteiger partial charge in [-0.1, -0.05) is 12.1 Å². The van der Waals surface area contributed by atoms with Gasteiger partial charge in [-0.15, -0.1) is 0 Å². The lowest BCUT2D eigenvalue weighted by Gasteiger charge is -2.26. The molecular formula is C26H18O8. The number of carbonyl (C=O) groups excluding carboxylic acids is 2. The van der Waals surface area contributed by atoms with E-state index >= 15 is 0 Å². The number of phenols is 2. The highest BCUT2D eigenvalue weighted by atomic mass is 16.5. The second-order valence-electron chi connectivity index (χ2n) is 7.88. The first-order valence-corrected chi connectivity index (χ1v) is 10.4. The fraction of sp³-hybridized carbons (Fsp3) is 0.115. The van der Waals surface area contributed by atoms with Gasteiger partial charge in [0.15, 0.2) is 5.43 Å². The van der Waals surface area contributed by atoms with Crippen molar-refractivity contribution in [3.05, 3.63) is 87.6 Å². The molecule has 8 heteroatoms. The molecule has 34 heavy (non-hydrogen) atoms. The molecular weight excluding hydrogens is 440 g/mol. The molecule has 0 radical (unpaired) electrons. The molecule has 0 saturated heterocycles. The minimum atomic E-state index is -0.552. The van der Waals surface area contributed by atoms with Crippen LogP contribution >= 0.6 is 0 Å². The highest BCUT2D eigenvalue weighted by Gasteiger charge is 2.33. The quantitative estimate of drug-likeness (QED) is 0.347. The summed E-state index contributed by atoms with van der Waals surface area (Å²) in [5, 5.41) is 20.1. The van der Waals surface area contributed by atoms with Crippen molar-refractivity contribution in [1.82, 2.24) is 0 Å². The first-order chi connectivity index (χ1) is 16.4. The maximum absolute atomic E-state index is 13.0. The van der Waals surface area contributed by atoms with Crippen LogP contribution in [0.15, 0.2) is 69.9 Å². The summed E-state index contributed by atoms with van der Waals surface area (Å²) in [6, 6.07) is 15.2. The van der Waals surface area contributed by atoms with Gasteiger partial charge in [0.25, 0.3) is 0 Å². The zero-order chi connectivity index (χ0) is 24.0. The molecule has 0 bridgehead atoms. The summed E-state index contributed by atoms with van der Waals surface area (Å²) in [7, 11) is 1.29. The van der Waals surface area contributed by atoms with Crippen molar-refractivity contribution in [1.29, 1.82) is 0 Å². The molecule has 3 aromatic carbocycles. The molecule has 0 amide bonds. The molecule has 0 saturated carbocycles. The van der Waals surface area contributed by atoms with E-state index in [1.807, 2.05) is 0 Å². The van der Waals surface area contributed by atoms with Crippen LogP contribution in [0.25, 0.3) is 22.3 Å². The summed E-state index contributed by atoms with van der Waals surface area (Å²) >= 11 is 0. The topological polar surface area (TPSA) is 123 Å². The second-order valence-corrected chi connectivity index (χ2v) is 7.88. The fourth-order valence-corrected chi connectivity index (χ4v) is 4.18. The Kier molecular flexibility index (Phi) is 5.05. The Morgan fingerprint density at radius 2 is 1.71 bits per heavy atom. The van der Waals surface area contributed by atoms with Crippen molar-refractivity contribution in [2.75, 3.05) is 7.11 Å². The molecule has 2 N–H and O–H groups in total. The van der Waals surface area contributed by atoms with Crippen molar-refractivity contribution in [2.24, 2.45) is 0 Å².